The molecule has 12 heteroatoms. The van der Waals surface area contributed by atoms with Gasteiger partial charge in [0.2, 0.25) is 0 Å². The summed E-state index contributed by atoms with van der Waals surface area (Å²) < 4.78 is 1.50. The van der Waals surface area contributed by atoms with Crippen molar-refractivity contribution in [2.24, 2.45) is 5.10 Å². The second-order valence-electron chi connectivity index (χ2n) is 5.67. The molecule has 0 aliphatic carbocycles. The molecule has 3 aromatic rings. The van der Waals surface area contributed by atoms with Crippen LogP contribution in [0, 0.1) is 6.92 Å². The predicted octanol–water partition coefficient (Wildman–Crippen LogP) is 5.19. The highest BCUT2D eigenvalue weighted by Crippen LogP contribution is 2.34. The van der Waals surface area contributed by atoms with Crippen LogP contribution in [0.25, 0.3) is 5.69 Å². The lowest BCUT2D eigenvalue weighted by Gasteiger charge is -2.07. The molecule has 1 amide bonds. The molecule has 7 nitrogen and oxygen atoms in total. The van der Waals surface area contributed by atoms with Gasteiger partial charge in [-0.3, -0.25) is 4.79 Å². The van der Waals surface area contributed by atoms with Gasteiger partial charge in [-0.25, -0.2) is 15.1 Å². The number of nitrogen functional groups attached to an aromatic ring is 1. The van der Waals surface area contributed by atoms with Crippen molar-refractivity contribution in [1.29, 1.82) is 0 Å². The highest BCUT2D eigenvalue weighted by atomic mass is 35.5. The summed E-state index contributed by atoms with van der Waals surface area (Å²) in [5, 5.41) is 8.77. The second kappa shape index (κ2) is 8.77. The first-order valence-corrected chi connectivity index (χ1v) is 9.74. The van der Waals surface area contributed by atoms with E-state index >= 15 is 0 Å². The van der Waals surface area contributed by atoms with E-state index in [9.17, 15) is 4.79 Å². The van der Waals surface area contributed by atoms with Crippen LogP contribution in [0.3, 0.4) is 0 Å². The number of benzene rings is 1. The van der Waals surface area contributed by atoms with Crippen LogP contribution < -0.4 is 11.2 Å². The van der Waals surface area contributed by atoms with Crippen molar-refractivity contribution in [2.45, 2.75) is 6.92 Å². The highest BCUT2D eigenvalue weighted by Gasteiger charge is 2.20. The Kier molecular flexibility index (Phi) is 6.55. The molecule has 150 valence electrons. The number of anilines is 1. The number of pyridine rings is 1. The number of aryl methyl sites for hydroxylation is 1. The number of nitrogens with zero attached hydrogens (tertiary/aromatic N) is 4. The van der Waals surface area contributed by atoms with Crippen molar-refractivity contribution >= 4 is 75.8 Å². The van der Waals surface area contributed by atoms with E-state index in [1.54, 1.807) is 31.2 Å². The topological polar surface area (TPSA) is 98.2 Å². The molecular weight excluding hydrogens is 481 g/mol. The summed E-state index contributed by atoms with van der Waals surface area (Å²) in [6.07, 6.45) is 1.35. The van der Waals surface area contributed by atoms with Gasteiger partial charge < -0.3 is 5.73 Å². The fraction of sp³-hybridized carbons (Fsp3) is 0.0588. The second-order valence-corrected chi connectivity index (χ2v) is 7.58. The van der Waals surface area contributed by atoms with Crippen molar-refractivity contribution in [2.75, 3.05) is 5.73 Å². The van der Waals surface area contributed by atoms with Crippen LogP contribution in [0.4, 0.5) is 5.69 Å². The van der Waals surface area contributed by atoms with Crippen LogP contribution >= 0.6 is 58.0 Å². The number of halogens is 5. The van der Waals surface area contributed by atoms with Crippen LogP contribution in [0.2, 0.25) is 25.4 Å². The van der Waals surface area contributed by atoms with Crippen molar-refractivity contribution in [3.05, 3.63) is 66.6 Å². The number of carbonyl (C=O) groups is 1. The van der Waals surface area contributed by atoms with Gasteiger partial charge in [0.1, 0.15) is 10.2 Å². The largest absolute Gasteiger partial charge is 0.396 e. The summed E-state index contributed by atoms with van der Waals surface area (Å²) >= 11 is 30.1. The summed E-state index contributed by atoms with van der Waals surface area (Å²) in [7, 11) is 0. The van der Waals surface area contributed by atoms with Gasteiger partial charge in [0.15, 0.2) is 10.8 Å². The summed E-state index contributed by atoms with van der Waals surface area (Å²) in [5.41, 5.74) is 9.49. The number of aromatic nitrogens is 3. The van der Waals surface area contributed by atoms with E-state index in [-0.39, 0.29) is 31.7 Å². The molecule has 0 bridgehead atoms. The molecule has 0 radical (unpaired) electrons. The maximum Gasteiger partial charge on any atom is 0.291 e. The minimum absolute atomic E-state index is 0.0347. The third kappa shape index (κ3) is 4.44. The molecule has 0 saturated heterocycles. The normalized spacial score (nSPS) is 11.2. The average molecular weight is 493 g/mol. The Balaban J connectivity index is 1.84. The monoisotopic (exact) mass is 490 g/mol. The number of hydrogen-bond acceptors (Lipinski definition) is 5. The van der Waals surface area contributed by atoms with Gasteiger partial charge in [-0.2, -0.15) is 10.2 Å². The van der Waals surface area contributed by atoms with Crippen LogP contribution in [-0.4, -0.2) is 26.9 Å². The standard InChI is InChI=1S/C17H11Cl5N6O/c1-7-10(16(22)28(27-7)9-4-2-3-8(18)5-9)6-24-26-17(29)14-11(19)13(23)12(20)15(21)25-14/h2-6H,1H3,(H2,23,25)(H,26,29)/b24-6+. The zero-order valence-electron chi connectivity index (χ0n) is 14.6. The summed E-state index contributed by atoms with van der Waals surface area (Å²) in [6.45, 7) is 1.74. The van der Waals surface area contributed by atoms with E-state index in [0.717, 1.165) is 0 Å². The molecule has 0 spiro atoms. The Morgan fingerprint density at radius 1 is 1.21 bits per heavy atom. The molecule has 0 saturated carbocycles. The van der Waals surface area contributed by atoms with Crippen molar-refractivity contribution in [3.63, 3.8) is 0 Å². The Morgan fingerprint density at radius 3 is 2.62 bits per heavy atom. The number of carbonyl (C=O) groups excluding carboxylic acids is 1. The number of amides is 1. The van der Waals surface area contributed by atoms with Crippen molar-refractivity contribution < 1.29 is 4.79 Å². The quantitative estimate of drug-likeness (QED) is 0.298. The lowest BCUT2D eigenvalue weighted by atomic mass is 10.3. The van der Waals surface area contributed by atoms with Gasteiger partial charge in [-0.1, -0.05) is 64.1 Å². The summed E-state index contributed by atoms with van der Waals surface area (Å²) in [6, 6.07) is 7.03. The fourth-order valence-corrected chi connectivity index (χ4v) is 3.43. The molecule has 0 unspecified atom stereocenters. The van der Waals surface area contributed by atoms with Crippen LogP contribution in [-0.2, 0) is 0 Å². The lowest BCUT2D eigenvalue weighted by Crippen LogP contribution is -2.20. The van der Waals surface area contributed by atoms with Gasteiger partial charge in [0, 0.05) is 5.02 Å². The van der Waals surface area contributed by atoms with Crippen LogP contribution in [0.15, 0.2) is 29.4 Å². The first-order valence-electron chi connectivity index (χ1n) is 7.85. The van der Waals surface area contributed by atoms with Crippen molar-refractivity contribution in [1.82, 2.24) is 20.2 Å². The maximum absolute atomic E-state index is 12.3. The Morgan fingerprint density at radius 2 is 1.93 bits per heavy atom. The first kappa shape index (κ1) is 21.7. The Hall–Kier alpha value is -2.03. The molecule has 0 aliphatic heterocycles. The highest BCUT2D eigenvalue weighted by molar-refractivity contribution is 6.46. The van der Waals surface area contributed by atoms with Crippen molar-refractivity contribution in [3.8, 4) is 5.69 Å². The predicted molar refractivity (Wildman–Crippen MR) is 117 cm³/mol. The zero-order chi connectivity index (χ0) is 21.3. The molecule has 29 heavy (non-hydrogen) atoms. The number of hydrazone groups is 1. The third-order valence-corrected chi connectivity index (χ3v) is 5.48. The number of hydrogen-bond donors (Lipinski definition) is 2. The summed E-state index contributed by atoms with van der Waals surface area (Å²) in [4.78, 5) is 16.1. The number of nitrogens with one attached hydrogen (secondary N) is 1. The third-order valence-electron chi connectivity index (χ3n) is 3.75. The van der Waals surface area contributed by atoms with E-state index in [2.05, 4.69) is 20.6 Å². The molecule has 2 heterocycles. The SMILES string of the molecule is Cc1nn(-c2cccc(Cl)c2)c(Cl)c1/C=N/NC(=O)c1nc(Cl)c(Cl)c(N)c1Cl. The smallest absolute Gasteiger partial charge is 0.291 e. The maximum atomic E-state index is 12.3. The van der Waals surface area contributed by atoms with E-state index < -0.39 is 5.91 Å². The van der Waals surface area contributed by atoms with E-state index in [4.69, 9.17) is 63.7 Å². The molecule has 3 rings (SSSR count). The lowest BCUT2D eigenvalue weighted by molar-refractivity contribution is 0.0950. The Labute approximate surface area is 190 Å². The van der Waals surface area contributed by atoms with Crippen LogP contribution in [0.5, 0.6) is 0 Å². The number of nitrogens with two attached hydrogens (primary N) is 1. The average Bonchev–Trinajstić information content (AvgIpc) is 2.97. The number of rotatable bonds is 4. The van der Waals surface area contributed by atoms with E-state index in [1.165, 1.54) is 10.9 Å². The molecule has 0 aliphatic rings. The molecule has 0 fully saturated rings. The first-order chi connectivity index (χ1) is 13.7. The molecular formula is C17H11Cl5N6O. The minimum atomic E-state index is -0.729. The van der Waals surface area contributed by atoms with Gasteiger partial charge in [-0.15, -0.1) is 0 Å². The minimum Gasteiger partial charge on any atom is -0.396 e. The van der Waals surface area contributed by atoms with Gasteiger partial charge in [0.25, 0.3) is 5.91 Å². The zero-order valence-corrected chi connectivity index (χ0v) is 18.3. The van der Waals surface area contributed by atoms with Crippen LogP contribution in [0.1, 0.15) is 21.7 Å². The van der Waals surface area contributed by atoms with E-state index in [0.29, 0.717) is 22.0 Å². The van der Waals surface area contributed by atoms with Gasteiger partial charge >= 0.3 is 0 Å². The summed E-state index contributed by atoms with van der Waals surface area (Å²) in [5.74, 6) is -0.729. The molecule has 3 N–H and O–H groups in total. The molecule has 2 aromatic heterocycles. The van der Waals surface area contributed by atoms with Gasteiger partial charge in [-0.05, 0) is 25.1 Å². The Bertz CT molecular complexity index is 1140. The van der Waals surface area contributed by atoms with E-state index in [1.807, 2.05) is 0 Å². The molecule has 1 aromatic carbocycles. The fourth-order valence-electron chi connectivity index (χ4n) is 2.33. The van der Waals surface area contributed by atoms with Gasteiger partial charge in [0.05, 0.1) is 33.9 Å². The molecule has 0 atom stereocenters.